The summed E-state index contributed by atoms with van der Waals surface area (Å²) in [6, 6.07) is 5.25. The summed E-state index contributed by atoms with van der Waals surface area (Å²) < 4.78 is 0. The van der Waals surface area contributed by atoms with Gasteiger partial charge in [-0.25, -0.2) is 4.98 Å². The summed E-state index contributed by atoms with van der Waals surface area (Å²) in [6.45, 7) is 2.66. The largest absolute Gasteiger partial charge is 0.409 e. The van der Waals surface area contributed by atoms with Crippen LogP contribution >= 0.6 is 22.9 Å². The van der Waals surface area contributed by atoms with Crippen LogP contribution in [-0.4, -0.2) is 23.1 Å². The van der Waals surface area contributed by atoms with E-state index in [-0.39, 0.29) is 5.84 Å². The number of hydrogen-bond donors (Lipinski definition) is 2. The van der Waals surface area contributed by atoms with E-state index in [2.05, 4.69) is 10.1 Å². The van der Waals surface area contributed by atoms with Gasteiger partial charge in [0, 0.05) is 28.2 Å². The predicted octanol–water partition coefficient (Wildman–Crippen LogP) is 2.84. The van der Waals surface area contributed by atoms with Crippen LogP contribution in [0.4, 0.5) is 5.69 Å². The number of aromatic nitrogens is 1. The number of anilines is 1. The molecule has 0 fully saturated rings. The van der Waals surface area contributed by atoms with E-state index < -0.39 is 0 Å². The van der Waals surface area contributed by atoms with E-state index in [1.807, 2.05) is 24.4 Å². The topological polar surface area (TPSA) is 74.7 Å². The zero-order valence-electron chi connectivity index (χ0n) is 11.2. The molecule has 1 heterocycles. The molecule has 0 atom stereocenters. The molecule has 3 N–H and O–H groups in total. The summed E-state index contributed by atoms with van der Waals surface area (Å²) in [5, 5.41) is 12.5. The summed E-state index contributed by atoms with van der Waals surface area (Å²) in [5.74, 6) is 0.0598. The summed E-state index contributed by atoms with van der Waals surface area (Å²) in [5.41, 5.74) is 9.98. The molecule has 0 unspecified atom stereocenters. The monoisotopic (exact) mass is 310 g/mol. The molecule has 2 rings (SSSR count). The highest BCUT2D eigenvalue weighted by Crippen LogP contribution is 2.26. The maximum Gasteiger partial charge on any atom is 0.172 e. The molecule has 7 heteroatoms. The van der Waals surface area contributed by atoms with Gasteiger partial charge in [0.2, 0.25) is 0 Å². The van der Waals surface area contributed by atoms with Gasteiger partial charge in [-0.1, -0.05) is 16.8 Å². The van der Waals surface area contributed by atoms with Gasteiger partial charge in [-0.05, 0) is 25.1 Å². The fourth-order valence-electron chi connectivity index (χ4n) is 1.87. The Labute approximate surface area is 126 Å². The molecular weight excluding hydrogens is 296 g/mol. The standard InChI is InChI=1S/C13H15ClN4OS/c1-8-12(20-7-16-8)6-18(2)11-5-9(14)3-4-10(11)13(15)17-19/h3-5,7,19H,6H2,1-2H3,(H2,15,17). The lowest BCUT2D eigenvalue weighted by atomic mass is 10.1. The highest BCUT2D eigenvalue weighted by atomic mass is 35.5. The number of oxime groups is 1. The van der Waals surface area contributed by atoms with Crippen molar-refractivity contribution in [1.29, 1.82) is 0 Å². The quantitative estimate of drug-likeness (QED) is 0.394. The van der Waals surface area contributed by atoms with Crippen molar-refractivity contribution in [2.75, 3.05) is 11.9 Å². The maximum atomic E-state index is 8.87. The summed E-state index contributed by atoms with van der Waals surface area (Å²) >= 11 is 7.64. The lowest BCUT2D eigenvalue weighted by Gasteiger charge is -2.22. The van der Waals surface area contributed by atoms with Gasteiger partial charge < -0.3 is 15.8 Å². The van der Waals surface area contributed by atoms with Crippen molar-refractivity contribution < 1.29 is 5.21 Å². The van der Waals surface area contributed by atoms with Crippen LogP contribution in [0.3, 0.4) is 0 Å². The number of thiazole rings is 1. The van der Waals surface area contributed by atoms with E-state index in [9.17, 15) is 0 Å². The van der Waals surface area contributed by atoms with Crippen LogP contribution in [0.15, 0.2) is 28.9 Å². The Morgan fingerprint density at radius 3 is 2.90 bits per heavy atom. The van der Waals surface area contributed by atoms with E-state index in [4.69, 9.17) is 22.5 Å². The minimum absolute atomic E-state index is 0.0598. The van der Waals surface area contributed by atoms with Gasteiger partial charge in [0.05, 0.1) is 17.7 Å². The lowest BCUT2D eigenvalue weighted by Crippen LogP contribution is -2.22. The van der Waals surface area contributed by atoms with Gasteiger partial charge in [0.25, 0.3) is 0 Å². The van der Waals surface area contributed by atoms with E-state index in [0.717, 1.165) is 16.3 Å². The molecule has 0 saturated carbocycles. The Morgan fingerprint density at radius 2 is 2.30 bits per heavy atom. The maximum absolute atomic E-state index is 8.87. The average Bonchev–Trinajstić information content (AvgIpc) is 2.83. The molecule has 0 amide bonds. The van der Waals surface area contributed by atoms with Gasteiger partial charge in [0.1, 0.15) is 0 Å². The van der Waals surface area contributed by atoms with Crippen LogP contribution in [0.1, 0.15) is 16.1 Å². The number of rotatable bonds is 4. The van der Waals surface area contributed by atoms with Crippen LogP contribution in [0.2, 0.25) is 5.02 Å². The molecule has 0 radical (unpaired) electrons. The smallest absolute Gasteiger partial charge is 0.172 e. The van der Waals surface area contributed by atoms with Crippen molar-refractivity contribution in [3.05, 3.63) is 44.9 Å². The van der Waals surface area contributed by atoms with Crippen LogP contribution < -0.4 is 10.6 Å². The molecule has 106 valence electrons. The molecule has 5 nitrogen and oxygen atoms in total. The number of hydrogen-bond acceptors (Lipinski definition) is 5. The molecule has 2 aromatic rings. The first kappa shape index (κ1) is 14.6. The Balaban J connectivity index is 2.36. The molecule has 0 bridgehead atoms. The molecule has 0 aliphatic rings. The SMILES string of the molecule is Cc1ncsc1CN(C)c1cc(Cl)ccc1C(N)=NO. The molecule has 1 aromatic heterocycles. The Bertz CT molecular complexity index is 641. The van der Waals surface area contributed by atoms with E-state index in [0.29, 0.717) is 17.1 Å². The van der Waals surface area contributed by atoms with Crippen molar-refractivity contribution in [3.63, 3.8) is 0 Å². The second-order valence-electron chi connectivity index (χ2n) is 4.36. The lowest BCUT2D eigenvalue weighted by molar-refractivity contribution is 0.318. The fourth-order valence-corrected chi connectivity index (χ4v) is 2.87. The Morgan fingerprint density at radius 1 is 1.55 bits per heavy atom. The van der Waals surface area contributed by atoms with Crippen molar-refractivity contribution in [3.8, 4) is 0 Å². The first-order valence-electron chi connectivity index (χ1n) is 5.90. The van der Waals surface area contributed by atoms with E-state index >= 15 is 0 Å². The normalized spacial score (nSPS) is 11.7. The van der Waals surface area contributed by atoms with Gasteiger partial charge >= 0.3 is 0 Å². The number of aryl methyl sites for hydroxylation is 1. The number of nitrogens with zero attached hydrogens (tertiary/aromatic N) is 3. The second-order valence-corrected chi connectivity index (χ2v) is 5.74. The van der Waals surface area contributed by atoms with Crippen LogP contribution in [0, 0.1) is 6.92 Å². The first-order valence-corrected chi connectivity index (χ1v) is 7.16. The van der Waals surface area contributed by atoms with Gasteiger partial charge in [-0.3, -0.25) is 0 Å². The zero-order valence-corrected chi connectivity index (χ0v) is 12.7. The zero-order chi connectivity index (χ0) is 14.7. The third-order valence-corrected chi connectivity index (χ3v) is 4.14. The Kier molecular flexibility index (Phi) is 4.46. The fraction of sp³-hybridized carbons (Fsp3) is 0.231. The van der Waals surface area contributed by atoms with E-state index in [1.165, 1.54) is 0 Å². The Hall–Kier alpha value is -1.79. The molecule has 1 aromatic carbocycles. The molecule has 0 aliphatic heterocycles. The minimum Gasteiger partial charge on any atom is -0.409 e. The number of nitrogens with two attached hydrogens (primary N) is 1. The van der Waals surface area contributed by atoms with E-state index in [1.54, 1.807) is 29.5 Å². The van der Waals surface area contributed by atoms with Gasteiger partial charge in [0.15, 0.2) is 5.84 Å². The summed E-state index contributed by atoms with van der Waals surface area (Å²) in [4.78, 5) is 7.40. The highest BCUT2D eigenvalue weighted by molar-refractivity contribution is 7.09. The third kappa shape index (κ3) is 3.02. The molecule has 0 saturated heterocycles. The third-order valence-electron chi connectivity index (χ3n) is 2.98. The van der Waals surface area contributed by atoms with Crippen LogP contribution in [-0.2, 0) is 6.54 Å². The van der Waals surface area contributed by atoms with Crippen molar-refractivity contribution >= 4 is 34.5 Å². The molecule has 0 spiro atoms. The van der Waals surface area contributed by atoms with Crippen LogP contribution in [0.25, 0.3) is 0 Å². The minimum atomic E-state index is 0.0598. The number of amidine groups is 1. The predicted molar refractivity (Wildman–Crippen MR) is 82.9 cm³/mol. The van der Waals surface area contributed by atoms with Crippen LogP contribution in [0.5, 0.6) is 0 Å². The highest BCUT2D eigenvalue weighted by Gasteiger charge is 2.14. The van der Waals surface area contributed by atoms with Crippen molar-refractivity contribution in [2.24, 2.45) is 10.9 Å². The second kappa shape index (κ2) is 6.11. The van der Waals surface area contributed by atoms with Gasteiger partial charge in [-0.2, -0.15) is 0 Å². The molecule has 20 heavy (non-hydrogen) atoms. The first-order chi connectivity index (χ1) is 9.52. The summed E-state index contributed by atoms with van der Waals surface area (Å²) in [6.07, 6.45) is 0. The summed E-state index contributed by atoms with van der Waals surface area (Å²) in [7, 11) is 1.93. The van der Waals surface area contributed by atoms with Crippen molar-refractivity contribution in [2.45, 2.75) is 13.5 Å². The number of halogens is 1. The number of benzene rings is 1. The molecular formula is C13H15ClN4OS. The van der Waals surface area contributed by atoms with Crippen molar-refractivity contribution in [1.82, 2.24) is 4.98 Å². The van der Waals surface area contributed by atoms with Gasteiger partial charge in [-0.15, -0.1) is 11.3 Å². The average molecular weight is 311 g/mol. The molecule has 0 aliphatic carbocycles.